The highest BCUT2D eigenvalue weighted by Gasteiger charge is 2.13. The summed E-state index contributed by atoms with van der Waals surface area (Å²) in [7, 11) is 0. The molecule has 0 saturated heterocycles. The molecule has 0 aromatic heterocycles. The second-order valence-corrected chi connectivity index (χ2v) is 6.31. The summed E-state index contributed by atoms with van der Waals surface area (Å²) < 4.78 is 0. The third kappa shape index (κ3) is 5.95. The molecule has 120 valence electrons. The fourth-order valence-corrected chi connectivity index (χ4v) is 2.96. The molecule has 1 amide bonds. The van der Waals surface area contributed by atoms with Crippen LogP contribution in [0.3, 0.4) is 0 Å². The number of hydrogen-bond acceptors (Lipinski definition) is 2. The molecular weight excluding hydrogens is 302 g/mol. The first-order valence-corrected chi connectivity index (χ1v) is 9.04. The van der Waals surface area contributed by atoms with Crippen LogP contribution in [0.5, 0.6) is 0 Å². The van der Waals surface area contributed by atoms with Gasteiger partial charge in [0.2, 0.25) is 0 Å². The quantitative estimate of drug-likeness (QED) is 0.611. The standard InChI is InChI=1S/C20H23NOS/c1-2-3-15-23-16-14-21(17-18-10-6-4-7-11-18)20(22)19-12-8-5-9-13-19/h4-14,16H,2-3,15,17H2,1H3/b16-14-. The second-order valence-electron chi connectivity index (χ2n) is 5.29. The van der Waals surface area contributed by atoms with Crippen LogP contribution in [-0.4, -0.2) is 16.6 Å². The first-order chi connectivity index (χ1) is 11.3. The predicted molar refractivity (Wildman–Crippen MR) is 99.3 cm³/mol. The van der Waals surface area contributed by atoms with Gasteiger partial charge >= 0.3 is 0 Å². The van der Waals surface area contributed by atoms with E-state index in [1.165, 1.54) is 12.8 Å². The van der Waals surface area contributed by atoms with E-state index in [9.17, 15) is 4.79 Å². The number of carbonyl (C=O) groups excluding carboxylic acids is 1. The number of thioether (sulfide) groups is 1. The SMILES string of the molecule is CCCCS/C=C\N(Cc1ccccc1)C(=O)c1ccccc1. The smallest absolute Gasteiger partial charge is 0.258 e. The minimum absolute atomic E-state index is 0.0294. The van der Waals surface area contributed by atoms with Gasteiger partial charge in [-0.3, -0.25) is 4.79 Å². The van der Waals surface area contributed by atoms with E-state index >= 15 is 0 Å². The van der Waals surface area contributed by atoms with E-state index in [-0.39, 0.29) is 5.91 Å². The van der Waals surface area contributed by atoms with E-state index in [4.69, 9.17) is 0 Å². The summed E-state index contributed by atoms with van der Waals surface area (Å²) >= 11 is 1.75. The molecule has 0 atom stereocenters. The molecule has 0 unspecified atom stereocenters. The van der Waals surface area contributed by atoms with Gasteiger partial charge in [0.1, 0.15) is 0 Å². The van der Waals surface area contributed by atoms with Gasteiger partial charge in [0.25, 0.3) is 5.91 Å². The first-order valence-electron chi connectivity index (χ1n) is 7.99. The molecule has 0 aliphatic heterocycles. The molecule has 2 nitrogen and oxygen atoms in total. The molecule has 2 aromatic rings. The summed E-state index contributed by atoms with van der Waals surface area (Å²) in [6, 6.07) is 19.5. The van der Waals surface area contributed by atoms with E-state index in [1.807, 2.05) is 72.3 Å². The maximum Gasteiger partial charge on any atom is 0.258 e. The van der Waals surface area contributed by atoms with Gasteiger partial charge in [0.05, 0.1) is 6.54 Å². The van der Waals surface area contributed by atoms with Crippen LogP contribution in [0.2, 0.25) is 0 Å². The van der Waals surface area contributed by atoms with Crippen molar-refractivity contribution in [2.75, 3.05) is 5.75 Å². The molecule has 3 heteroatoms. The largest absolute Gasteiger partial charge is 0.310 e. The lowest BCUT2D eigenvalue weighted by Crippen LogP contribution is -2.25. The van der Waals surface area contributed by atoms with E-state index in [1.54, 1.807) is 16.7 Å². The number of benzene rings is 2. The molecule has 2 aromatic carbocycles. The Labute approximate surface area is 143 Å². The molecule has 2 rings (SSSR count). The molecule has 0 aliphatic carbocycles. The van der Waals surface area contributed by atoms with Gasteiger partial charge in [-0.2, -0.15) is 0 Å². The van der Waals surface area contributed by atoms with Gasteiger partial charge in [-0.1, -0.05) is 61.9 Å². The zero-order valence-corrected chi connectivity index (χ0v) is 14.3. The minimum Gasteiger partial charge on any atom is -0.310 e. The molecular formula is C20H23NOS. The first kappa shape index (κ1) is 17.4. The molecule has 0 aliphatic rings. The highest BCUT2D eigenvalue weighted by atomic mass is 32.2. The van der Waals surface area contributed by atoms with Crippen molar-refractivity contribution in [3.05, 3.63) is 83.4 Å². The molecule has 0 spiro atoms. The van der Waals surface area contributed by atoms with Crippen molar-refractivity contribution in [1.29, 1.82) is 0 Å². The summed E-state index contributed by atoms with van der Waals surface area (Å²) in [5.41, 5.74) is 1.84. The monoisotopic (exact) mass is 325 g/mol. The molecule has 0 radical (unpaired) electrons. The molecule has 0 bridgehead atoms. The molecule has 0 fully saturated rings. The maximum absolute atomic E-state index is 12.7. The highest BCUT2D eigenvalue weighted by Crippen LogP contribution is 2.13. The Hall–Kier alpha value is -2.00. The van der Waals surface area contributed by atoms with Crippen LogP contribution in [0.25, 0.3) is 0 Å². The predicted octanol–water partition coefficient (Wildman–Crippen LogP) is 5.33. The third-order valence-electron chi connectivity index (χ3n) is 3.43. The molecule has 0 heterocycles. The van der Waals surface area contributed by atoms with Crippen molar-refractivity contribution in [1.82, 2.24) is 4.90 Å². The summed E-state index contributed by atoms with van der Waals surface area (Å²) in [6.45, 7) is 2.77. The lowest BCUT2D eigenvalue weighted by molar-refractivity contribution is 0.0814. The average Bonchev–Trinajstić information content (AvgIpc) is 2.61. The van der Waals surface area contributed by atoms with Gasteiger partial charge in [-0.25, -0.2) is 0 Å². The van der Waals surface area contributed by atoms with Crippen LogP contribution in [0.15, 0.2) is 72.3 Å². The van der Waals surface area contributed by atoms with Gasteiger partial charge in [0, 0.05) is 11.8 Å². The van der Waals surface area contributed by atoms with Gasteiger partial charge in [-0.05, 0) is 35.3 Å². The van der Waals surface area contributed by atoms with Gasteiger partial charge < -0.3 is 4.90 Å². The Morgan fingerprint density at radius 3 is 2.35 bits per heavy atom. The number of amides is 1. The average molecular weight is 325 g/mol. The number of hydrogen-bond donors (Lipinski definition) is 0. The Balaban J connectivity index is 2.09. The fraction of sp³-hybridized carbons (Fsp3) is 0.250. The number of unbranched alkanes of at least 4 members (excludes halogenated alkanes) is 1. The van der Waals surface area contributed by atoms with E-state index in [2.05, 4.69) is 6.92 Å². The molecule has 0 saturated carbocycles. The summed E-state index contributed by atoms with van der Waals surface area (Å²) in [6.07, 6.45) is 4.29. The zero-order chi connectivity index (χ0) is 16.3. The van der Waals surface area contributed by atoms with Crippen molar-refractivity contribution >= 4 is 17.7 Å². The van der Waals surface area contributed by atoms with E-state index in [0.717, 1.165) is 11.3 Å². The summed E-state index contributed by atoms with van der Waals surface area (Å²) in [5.74, 6) is 1.12. The maximum atomic E-state index is 12.7. The van der Waals surface area contributed by atoms with Gasteiger partial charge in [0.15, 0.2) is 0 Å². The van der Waals surface area contributed by atoms with Crippen molar-refractivity contribution in [3.63, 3.8) is 0 Å². The second kappa shape index (κ2) is 9.90. The highest BCUT2D eigenvalue weighted by molar-refractivity contribution is 8.02. The van der Waals surface area contributed by atoms with E-state index in [0.29, 0.717) is 12.1 Å². The lowest BCUT2D eigenvalue weighted by atomic mass is 10.1. The number of rotatable bonds is 8. The summed E-state index contributed by atoms with van der Waals surface area (Å²) in [4.78, 5) is 14.5. The normalized spacial score (nSPS) is 10.8. The Morgan fingerprint density at radius 1 is 1.04 bits per heavy atom. The van der Waals surface area contributed by atoms with Crippen LogP contribution >= 0.6 is 11.8 Å². The van der Waals surface area contributed by atoms with Crippen molar-refractivity contribution in [2.24, 2.45) is 0 Å². The Bertz CT molecular complexity index is 610. The zero-order valence-electron chi connectivity index (χ0n) is 13.5. The van der Waals surface area contributed by atoms with Crippen LogP contribution in [0.4, 0.5) is 0 Å². The molecule has 23 heavy (non-hydrogen) atoms. The van der Waals surface area contributed by atoms with Crippen LogP contribution < -0.4 is 0 Å². The number of carbonyl (C=O) groups is 1. The lowest BCUT2D eigenvalue weighted by Gasteiger charge is -2.18. The van der Waals surface area contributed by atoms with Crippen molar-refractivity contribution < 1.29 is 4.79 Å². The summed E-state index contributed by atoms with van der Waals surface area (Å²) in [5, 5.41) is 2.03. The van der Waals surface area contributed by atoms with Crippen LogP contribution in [-0.2, 0) is 6.54 Å². The van der Waals surface area contributed by atoms with Crippen molar-refractivity contribution in [3.8, 4) is 0 Å². The molecule has 0 N–H and O–H groups in total. The van der Waals surface area contributed by atoms with Gasteiger partial charge in [-0.15, -0.1) is 11.8 Å². The topological polar surface area (TPSA) is 20.3 Å². The van der Waals surface area contributed by atoms with Crippen LogP contribution in [0, 0.1) is 0 Å². The fourth-order valence-electron chi connectivity index (χ4n) is 2.13. The third-order valence-corrected chi connectivity index (χ3v) is 4.27. The Morgan fingerprint density at radius 2 is 1.70 bits per heavy atom. The number of nitrogens with zero attached hydrogens (tertiary/aromatic N) is 1. The van der Waals surface area contributed by atoms with Crippen molar-refractivity contribution in [2.45, 2.75) is 26.3 Å². The van der Waals surface area contributed by atoms with E-state index < -0.39 is 0 Å². The minimum atomic E-state index is 0.0294. The Kier molecular flexibility index (Phi) is 7.47. The van der Waals surface area contributed by atoms with Crippen LogP contribution in [0.1, 0.15) is 35.7 Å².